The number of amides is 1. The Morgan fingerprint density at radius 2 is 2.29 bits per heavy atom. The monoisotopic (exact) mass is 331 g/mol. The lowest BCUT2D eigenvalue weighted by atomic mass is 9.97. The van der Waals surface area contributed by atoms with Crippen LogP contribution in [-0.4, -0.2) is 50.1 Å². The van der Waals surface area contributed by atoms with Gasteiger partial charge in [0, 0.05) is 19.6 Å². The summed E-state index contributed by atoms with van der Waals surface area (Å²) in [6, 6.07) is 8.32. The van der Waals surface area contributed by atoms with Gasteiger partial charge in [-0.05, 0) is 62.4 Å². The highest BCUT2D eigenvalue weighted by atomic mass is 16.5. The van der Waals surface area contributed by atoms with Gasteiger partial charge in [0.1, 0.15) is 5.75 Å². The average Bonchev–Trinajstić information content (AvgIpc) is 3.15. The van der Waals surface area contributed by atoms with Gasteiger partial charge in [0.2, 0.25) is 5.91 Å². The van der Waals surface area contributed by atoms with E-state index < -0.39 is 0 Å². The van der Waals surface area contributed by atoms with E-state index in [1.54, 1.807) is 7.11 Å². The number of piperidine rings is 1. The number of carbonyl (C=O) groups excluding carboxylic acids is 1. The van der Waals surface area contributed by atoms with Crippen molar-refractivity contribution in [3.63, 3.8) is 0 Å². The minimum absolute atomic E-state index is 0.0291. The zero-order chi connectivity index (χ0) is 16.8. The van der Waals surface area contributed by atoms with E-state index in [9.17, 15) is 4.79 Å². The van der Waals surface area contributed by atoms with Crippen LogP contribution in [0.1, 0.15) is 31.2 Å². The molecule has 2 saturated heterocycles. The highest BCUT2D eigenvalue weighted by Gasteiger charge is 2.24. The molecule has 2 atom stereocenters. The number of rotatable bonds is 6. The van der Waals surface area contributed by atoms with E-state index in [1.165, 1.54) is 18.4 Å². The van der Waals surface area contributed by atoms with E-state index in [-0.39, 0.29) is 11.9 Å². The first-order valence-electron chi connectivity index (χ1n) is 9.11. The fourth-order valence-electron chi connectivity index (χ4n) is 3.77. The van der Waals surface area contributed by atoms with Crippen LogP contribution >= 0.6 is 0 Å². The maximum Gasteiger partial charge on any atom is 0.237 e. The highest BCUT2D eigenvalue weighted by Crippen LogP contribution is 2.20. The lowest BCUT2D eigenvalue weighted by Gasteiger charge is -2.33. The van der Waals surface area contributed by atoms with Crippen LogP contribution in [-0.2, 0) is 11.3 Å². The van der Waals surface area contributed by atoms with Crippen LogP contribution in [0.15, 0.2) is 24.3 Å². The molecule has 2 heterocycles. The lowest BCUT2D eigenvalue weighted by molar-refractivity contribution is -0.123. The Kier molecular flexibility index (Phi) is 6.10. The molecule has 5 heteroatoms. The van der Waals surface area contributed by atoms with Gasteiger partial charge in [-0.3, -0.25) is 9.69 Å². The Morgan fingerprint density at radius 3 is 3.08 bits per heavy atom. The molecule has 132 valence electrons. The van der Waals surface area contributed by atoms with Gasteiger partial charge in [-0.2, -0.15) is 0 Å². The van der Waals surface area contributed by atoms with Crippen molar-refractivity contribution in [1.82, 2.24) is 15.5 Å². The predicted octanol–water partition coefficient (Wildman–Crippen LogP) is 1.78. The zero-order valence-corrected chi connectivity index (χ0v) is 14.6. The highest BCUT2D eigenvalue weighted by molar-refractivity contribution is 5.81. The minimum Gasteiger partial charge on any atom is -0.497 e. The van der Waals surface area contributed by atoms with Crippen molar-refractivity contribution in [2.45, 2.75) is 38.3 Å². The van der Waals surface area contributed by atoms with Gasteiger partial charge in [-0.15, -0.1) is 0 Å². The molecular formula is C19H29N3O2. The van der Waals surface area contributed by atoms with E-state index >= 15 is 0 Å². The van der Waals surface area contributed by atoms with E-state index in [2.05, 4.69) is 27.7 Å². The fourth-order valence-corrected chi connectivity index (χ4v) is 3.77. The van der Waals surface area contributed by atoms with Crippen molar-refractivity contribution in [2.75, 3.05) is 33.3 Å². The van der Waals surface area contributed by atoms with E-state index in [4.69, 9.17) is 4.74 Å². The first kappa shape index (κ1) is 17.2. The molecule has 0 spiro atoms. The quantitative estimate of drug-likeness (QED) is 0.834. The first-order valence-corrected chi connectivity index (χ1v) is 9.11. The van der Waals surface area contributed by atoms with E-state index in [1.807, 2.05) is 12.1 Å². The van der Waals surface area contributed by atoms with Crippen LogP contribution in [0.2, 0.25) is 0 Å². The van der Waals surface area contributed by atoms with Crippen molar-refractivity contribution in [3.8, 4) is 5.75 Å². The number of methoxy groups -OCH3 is 1. The van der Waals surface area contributed by atoms with Gasteiger partial charge < -0.3 is 15.4 Å². The zero-order valence-electron chi connectivity index (χ0n) is 14.6. The molecule has 0 saturated carbocycles. The second kappa shape index (κ2) is 8.49. The van der Waals surface area contributed by atoms with Crippen molar-refractivity contribution in [3.05, 3.63) is 29.8 Å². The van der Waals surface area contributed by atoms with Gasteiger partial charge >= 0.3 is 0 Å². The summed E-state index contributed by atoms with van der Waals surface area (Å²) in [5.41, 5.74) is 1.29. The third kappa shape index (κ3) is 4.71. The number of nitrogens with one attached hydrogen (secondary N) is 2. The fraction of sp³-hybridized carbons (Fsp3) is 0.632. The second-order valence-corrected chi connectivity index (χ2v) is 6.99. The summed E-state index contributed by atoms with van der Waals surface area (Å²) in [4.78, 5) is 14.6. The molecule has 3 rings (SSSR count). The van der Waals surface area contributed by atoms with Gasteiger partial charge in [0.15, 0.2) is 0 Å². The average molecular weight is 331 g/mol. The normalized spacial score (nSPS) is 24.7. The molecule has 2 aliphatic rings. The third-order valence-electron chi connectivity index (χ3n) is 5.09. The van der Waals surface area contributed by atoms with Crippen LogP contribution in [0.3, 0.4) is 0 Å². The number of benzene rings is 1. The number of hydrogen-bond acceptors (Lipinski definition) is 4. The summed E-state index contributed by atoms with van der Waals surface area (Å²) >= 11 is 0. The Labute approximate surface area is 144 Å². The first-order chi connectivity index (χ1) is 11.7. The Hall–Kier alpha value is -1.59. The SMILES string of the molecule is COc1cccc(CN2CCCC(CNC(=O)C3CCCN3)C2)c1. The summed E-state index contributed by atoms with van der Waals surface area (Å²) in [5.74, 6) is 1.64. The molecule has 0 bridgehead atoms. The molecule has 2 unspecified atom stereocenters. The van der Waals surface area contributed by atoms with Gasteiger partial charge in [0.05, 0.1) is 13.2 Å². The third-order valence-corrected chi connectivity index (χ3v) is 5.09. The molecular weight excluding hydrogens is 302 g/mol. The molecule has 1 aromatic carbocycles. The van der Waals surface area contributed by atoms with E-state index in [0.29, 0.717) is 5.92 Å². The number of carbonyl (C=O) groups is 1. The van der Waals surface area contributed by atoms with Crippen LogP contribution in [0.5, 0.6) is 5.75 Å². The van der Waals surface area contributed by atoms with Crippen molar-refractivity contribution in [1.29, 1.82) is 0 Å². The summed E-state index contributed by atoms with van der Waals surface area (Å²) in [6.45, 7) is 4.90. The Balaban J connectivity index is 1.46. The summed E-state index contributed by atoms with van der Waals surface area (Å²) < 4.78 is 5.31. The molecule has 2 aliphatic heterocycles. The Morgan fingerprint density at radius 1 is 1.38 bits per heavy atom. The van der Waals surface area contributed by atoms with Crippen LogP contribution in [0.25, 0.3) is 0 Å². The summed E-state index contributed by atoms with van der Waals surface area (Å²) in [5, 5.41) is 6.41. The van der Waals surface area contributed by atoms with E-state index in [0.717, 1.165) is 51.3 Å². The van der Waals surface area contributed by atoms with Crippen LogP contribution < -0.4 is 15.4 Å². The van der Waals surface area contributed by atoms with Crippen molar-refractivity contribution >= 4 is 5.91 Å². The molecule has 2 fully saturated rings. The lowest BCUT2D eigenvalue weighted by Crippen LogP contribution is -2.45. The maximum absolute atomic E-state index is 12.1. The van der Waals surface area contributed by atoms with Crippen LogP contribution in [0.4, 0.5) is 0 Å². The van der Waals surface area contributed by atoms with Gasteiger partial charge in [0.25, 0.3) is 0 Å². The number of ether oxygens (including phenoxy) is 1. The second-order valence-electron chi connectivity index (χ2n) is 6.99. The molecule has 24 heavy (non-hydrogen) atoms. The number of nitrogens with zero attached hydrogens (tertiary/aromatic N) is 1. The molecule has 2 N–H and O–H groups in total. The summed E-state index contributed by atoms with van der Waals surface area (Å²) in [7, 11) is 1.71. The standard InChI is InChI=1S/C19H29N3O2/c1-24-17-7-2-5-15(11-17)13-22-10-4-6-16(14-22)12-21-19(23)18-8-3-9-20-18/h2,5,7,11,16,18,20H,3-4,6,8-10,12-14H2,1H3,(H,21,23). The summed E-state index contributed by atoms with van der Waals surface area (Å²) in [6.07, 6.45) is 4.48. The molecule has 0 aliphatic carbocycles. The smallest absolute Gasteiger partial charge is 0.237 e. The van der Waals surface area contributed by atoms with Crippen LogP contribution in [0, 0.1) is 5.92 Å². The Bertz CT molecular complexity index is 543. The molecule has 0 aromatic heterocycles. The van der Waals surface area contributed by atoms with Gasteiger partial charge in [-0.1, -0.05) is 12.1 Å². The van der Waals surface area contributed by atoms with Crippen molar-refractivity contribution < 1.29 is 9.53 Å². The molecule has 0 radical (unpaired) electrons. The topological polar surface area (TPSA) is 53.6 Å². The molecule has 1 amide bonds. The van der Waals surface area contributed by atoms with Crippen molar-refractivity contribution in [2.24, 2.45) is 5.92 Å². The molecule has 1 aromatic rings. The maximum atomic E-state index is 12.1. The minimum atomic E-state index is 0.0291. The largest absolute Gasteiger partial charge is 0.497 e. The number of hydrogen-bond donors (Lipinski definition) is 2. The predicted molar refractivity (Wildman–Crippen MR) is 95.0 cm³/mol. The molecule has 5 nitrogen and oxygen atoms in total. The number of likely N-dealkylation sites (tertiary alicyclic amines) is 1. The van der Waals surface area contributed by atoms with Gasteiger partial charge in [-0.25, -0.2) is 0 Å².